The highest BCUT2D eigenvalue weighted by Gasteiger charge is 2.07. The van der Waals surface area contributed by atoms with Gasteiger partial charge in [0.1, 0.15) is 11.6 Å². The number of aromatic nitrogens is 2. The lowest BCUT2D eigenvalue weighted by Crippen LogP contribution is -2.07. The molecule has 0 aliphatic heterocycles. The zero-order valence-corrected chi connectivity index (χ0v) is 10.9. The summed E-state index contributed by atoms with van der Waals surface area (Å²) >= 11 is 2.13. The molecule has 2 aromatic rings. The lowest BCUT2D eigenvalue weighted by Gasteiger charge is -2.07. The molecule has 84 valence electrons. The van der Waals surface area contributed by atoms with Gasteiger partial charge in [0.05, 0.1) is 16.3 Å². The minimum atomic E-state index is -0.218. The van der Waals surface area contributed by atoms with Crippen LogP contribution in [0, 0.1) is 16.3 Å². The highest BCUT2D eigenvalue weighted by molar-refractivity contribution is 14.1. The zero-order valence-electron chi connectivity index (χ0n) is 8.74. The minimum Gasteiger partial charge on any atom is -0.383 e. The number of benzene rings is 1. The predicted octanol–water partition coefficient (Wildman–Crippen LogP) is 2.57. The van der Waals surface area contributed by atoms with Crippen molar-refractivity contribution in [2.75, 3.05) is 5.73 Å². The molecule has 5 heteroatoms. The van der Waals surface area contributed by atoms with Crippen LogP contribution in [0.15, 0.2) is 24.4 Å². The second-order valence-corrected chi connectivity index (χ2v) is 4.77. The maximum Gasteiger partial charge on any atom is 0.135 e. The molecule has 2 N–H and O–H groups in total. The Morgan fingerprint density at radius 2 is 2.25 bits per heavy atom. The van der Waals surface area contributed by atoms with Crippen molar-refractivity contribution < 1.29 is 4.39 Å². The van der Waals surface area contributed by atoms with Crippen LogP contribution < -0.4 is 5.73 Å². The van der Waals surface area contributed by atoms with Gasteiger partial charge in [0.2, 0.25) is 0 Å². The first-order valence-electron chi connectivity index (χ1n) is 4.79. The Labute approximate surface area is 107 Å². The molecule has 1 aromatic carbocycles. The van der Waals surface area contributed by atoms with Gasteiger partial charge >= 0.3 is 0 Å². The fourth-order valence-corrected chi connectivity index (χ4v) is 1.90. The second-order valence-electron chi connectivity index (χ2n) is 3.61. The normalized spacial score (nSPS) is 10.7. The second kappa shape index (κ2) is 4.40. The van der Waals surface area contributed by atoms with E-state index in [2.05, 4.69) is 27.7 Å². The maximum atomic E-state index is 12.9. The molecule has 2 rings (SSSR count). The van der Waals surface area contributed by atoms with Crippen LogP contribution in [0.1, 0.15) is 11.1 Å². The van der Waals surface area contributed by atoms with E-state index in [0.29, 0.717) is 12.4 Å². The van der Waals surface area contributed by atoms with E-state index in [1.165, 1.54) is 12.1 Å². The SMILES string of the molecule is Cc1cc(F)ccc1Cn1ncc(I)c1N. The zero-order chi connectivity index (χ0) is 11.7. The third-order valence-corrected chi connectivity index (χ3v) is 3.29. The van der Waals surface area contributed by atoms with Gasteiger partial charge in [-0.1, -0.05) is 6.07 Å². The molecule has 0 aliphatic carbocycles. The van der Waals surface area contributed by atoms with Crippen molar-refractivity contribution in [3.63, 3.8) is 0 Å². The van der Waals surface area contributed by atoms with Gasteiger partial charge in [-0.15, -0.1) is 0 Å². The molecule has 1 heterocycles. The lowest BCUT2D eigenvalue weighted by molar-refractivity contribution is 0.623. The topological polar surface area (TPSA) is 43.8 Å². The summed E-state index contributed by atoms with van der Waals surface area (Å²) in [5, 5.41) is 4.16. The lowest BCUT2D eigenvalue weighted by atomic mass is 10.1. The van der Waals surface area contributed by atoms with E-state index in [1.54, 1.807) is 16.9 Å². The van der Waals surface area contributed by atoms with Crippen LogP contribution in [0.25, 0.3) is 0 Å². The molecule has 1 aromatic heterocycles. The highest BCUT2D eigenvalue weighted by Crippen LogP contribution is 2.17. The molecule has 0 fully saturated rings. The maximum absolute atomic E-state index is 12.9. The summed E-state index contributed by atoms with van der Waals surface area (Å²) in [6.07, 6.45) is 1.72. The smallest absolute Gasteiger partial charge is 0.135 e. The van der Waals surface area contributed by atoms with Crippen molar-refractivity contribution in [1.82, 2.24) is 9.78 Å². The number of nitrogens with two attached hydrogens (primary N) is 1. The van der Waals surface area contributed by atoms with E-state index < -0.39 is 0 Å². The van der Waals surface area contributed by atoms with Crippen molar-refractivity contribution in [3.8, 4) is 0 Å². The molecule has 0 aliphatic rings. The molecular weight excluding hydrogens is 320 g/mol. The van der Waals surface area contributed by atoms with Crippen LogP contribution in [0.3, 0.4) is 0 Å². The quantitative estimate of drug-likeness (QED) is 0.860. The van der Waals surface area contributed by atoms with Gasteiger partial charge in [-0.25, -0.2) is 9.07 Å². The first-order valence-corrected chi connectivity index (χ1v) is 5.87. The van der Waals surface area contributed by atoms with Gasteiger partial charge in [0.25, 0.3) is 0 Å². The molecule has 0 atom stereocenters. The summed E-state index contributed by atoms with van der Waals surface area (Å²) in [6, 6.07) is 4.73. The number of hydrogen-bond donors (Lipinski definition) is 1. The Balaban J connectivity index is 2.30. The average Bonchev–Trinajstić information content (AvgIpc) is 2.54. The predicted molar refractivity (Wildman–Crippen MR) is 69.6 cm³/mol. The van der Waals surface area contributed by atoms with Crippen molar-refractivity contribution in [3.05, 3.63) is 44.9 Å². The van der Waals surface area contributed by atoms with E-state index in [0.717, 1.165) is 14.7 Å². The fourth-order valence-electron chi connectivity index (χ4n) is 1.50. The van der Waals surface area contributed by atoms with Crippen LogP contribution in [0.5, 0.6) is 0 Å². The van der Waals surface area contributed by atoms with Crippen molar-refractivity contribution in [1.29, 1.82) is 0 Å². The molecule has 0 unspecified atom stereocenters. The largest absolute Gasteiger partial charge is 0.383 e. The number of rotatable bonds is 2. The molecule has 0 spiro atoms. The van der Waals surface area contributed by atoms with E-state index in [-0.39, 0.29) is 5.82 Å². The Morgan fingerprint density at radius 1 is 1.50 bits per heavy atom. The van der Waals surface area contributed by atoms with Crippen molar-refractivity contribution in [2.45, 2.75) is 13.5 Å². The molecule has 3 nitrogen and oxygen atoms in total. The Morgan fingerprint density at radius 3 is 2.81 bits per heavy atom. The van der Waals surface area contributed by atoms with E-state index in [9.17, 15) is 4.39 Å². The molecule has 0 bridgehead atoms. The van der Waals surface area contributed by atoms with Crippen LogP contribution in [-0.4, -0.2) is 9.78 Å². The van der Waals surface area contributed by atoms with Crippen molar-refractivity contribution >= 4 is 28.4 Å². The van der Waals surface area contributed by atoms with Gasteiger partial charge in [-0.3, -0.25) is 0 Å². The van der Waals surface area contributed by atoms with Crippen LogP contribution in [0.2, 0.25) is 0 Å². The van der Waals surface area contributed by atoms with Gasteiger partial charge in [-0.05, 0) is 52.8 Å². The third-order valence-electron chi connectivity index (χ3n) is 2.46. The summed E-state index contributed by atoms with van der Waals surface area (Å²) in [4.78, 5) is 0. The average molecular weight is 331 g/mol. The standard InChI is InChI=1S/C11H11FIN3/c1-7-4-9(12)3-2-8(7)6-16-11(14)10(13)5-15-16/h2-5H,6,14H2,1H3. The fraction of sp³-hybridized carbons (Fsp3) is 0.182. The Bertz CT molecular complexity index is 522. The Hall–Kier alpha value is -1.11. The van der Waals surface area contributed by atoms with Crippen molar-refractivity contribution in [2.24, 2.45) is 0 Å². The molecule has 0 saturated carbocycles. The summed E-state index contributed by atoms with van der Waals surface area (Å²) < 4.78 is 15.6. The Kier molecular flexibility index (Phi) is 3.13. The number of aryl methyl sites for hydroxylation is 1. The third kappa shape index (κ3) is 2.18. The molecular formula is C11H11FIN3. The molecule has 0 amide bonds. The first kappa shape index (κ1) is 11.4. The monoisotopic (exact) mass is 331 g/mol. The van der Waals surface area contributed by atoms with Crippen LogP contribution >= 0.6 is 22.6 Å². The minimum absolute atomic E-state index is 0.218. The van der Waals surface area contributed by atoms with E-state index >= 15 is 0 Å². The first-order chi connectivity index (χ1) is 7.58. The van der Waals surface area contributed by atoms with E-state index in [4.69, 9.17) is 5.73 Å². The van der Waals surface area contributed by atoms with Gasteiger partial charge in [-0.2, -0.15) is 5.10 Å². The van der Waals surface area contributed by atoms with Crippen LogP contribution in [-0.2, 0) is 6.54 Å². The summed E-state index contributed by atoms with van der Waals surface area (Å²) in [7, 11) is 0. The van der Waals surface area contributed by atoms with Gasteiger partial charge < -0.3 is 5.73 Å². The summed E-state index contributed by atoms with van der Waals surface area (Å²) in [5.41, 5.74) is 7.78. The summed E-state index contributed by atoms with van der Waals surface area (Å²) in [5.74, 6) is 0.425. The number of hydrogen-bond acceptors (Lipinski definition) is 2. The number of halogens is 2. The van der Waals surface area contributed by atoms with Crippen LogP contribution in [0.4, 0.5) is 10.2 Å². The van der Waals surface area contributed by atoms with Gasteiger partial charge in [0.15, 0.2) is 0 Å². The molecule has 0 saturated heterocycles. The molecule has 16 heavy (non-hydrogen) atoms. The highest BCUT2D eigenvalue weighted by atomic mass is 127. The molecule has 0 radical (unpaired) electrons. The number of anilines is 1. The number of nitrogens with zero attached hydrogens (tertiary/aromatic N) is 2. The summed E-state index contributed by atoms with van der Waals surface area (Å²) in [6.45, 7) is 2.45. The number of nitrogen functional groups attached to an aromatic ring is 1. The van der Waals surface area contributed by atoms with E-state index in [1.807, 2.05) is 6.92 Å². The van der Waals surface area contributed by atoms with Gasteiger partial charge in [0, 0.05) is 0 Å².